The second-order valence-corrected chi connectivity index (χ2v) is 5.78. The van der Waals surface area contributed by atoms with Crippen LogP contribution < -0.4 is 15.4 Å². The number of fused-ring (bicyclic) bond motifs is 3. The Morgan fingerprint density at radius 2 is 2.21 bits per heavy atom. The zero-order valence-corrected chi connectivity index (χ0v) is 11.3. The third kappa shape index (κ3) is 2.04. The maximum absolute atomic E-state index is 11.1. The maximum atomic E-state index is 11.1. The van der Waals surface area contributed by atoms with Crippen LogP contribution in [0.5, 0.6) is 5.75 Å². The summed E-state index contributed by atoms with van der Waals surface area (Å²) in [6.07, 6.45) is 0. The molecule has 0 saturated carbocycles. The third-order valence-corrected chi connectivity index (χ3v) is 3.89. The zero-order chi connectivity index (χ0) is 13.6. The SMILES string of the molecule is CC1(C)Oc2ccccc2N2CN(CC(N)=O)CC21. The topological polar surface area (TPSA) is 58.8 Å². The molecule has 2 heterocycles. The van der Waals surface area contributed by atoms with E-state index in [-0.39, 0.29) is 17.6 Å². The number of rotatable bonds is 2. The van der Waals surface area contributed by atoms with Crippen molar-refractivity contribution in [2.75, 3.05) is 24.7 Å². The van der Waals surface area contributed by atoms with Crippen LogP contribution in [-0.2, 0) is 4.79 Å². The third-order valence-electron chi connectivity index (χ3n) is 3.89. The van der Waals surface area contributed by atoms with E-state index < -0.39 is 0 Å². The fourth-order valence-corrected chi connectivity index (χ4v) is 3.02. The Morgan fingerprint density at radius 3 is 2.95 bits per heavy atom. The number of para-hydroxylation sites is 2. The van der Waals surface area contributed by atoms with Gasteiger partial charge in [-0.1, -0.05) is 12.1 Å². The molecule has 5 nitrogen and oxygen atoms in total. The molecule has 1 saturated heterocycles. The molecule has 3 rings (SSSR count). The van der Waals surface area contributed by atoms with E-state index in [0.717, 1.165) is 24.7 Å². The van der Waals surface area contributed by atoms with Crippen molar-refractivity contribution in [1.82, 2.24) is 4.90 Å². The minimum absolute atomic E-state index is 0.238. The van der Waals surface area contributed by atoms with E-state index in [1.165, 1.54) is 0 Å². The first-order valence-electron chi connectivity index (χ1n) is 6.53. The molecule has 19 heavy (non-hydrogen) atoms. The number of amides is 1. The molecule has 1 atom stereocenters. The number of hydrogen-bond acceptors (Lipinski definition) is 4. The van der Waals surface area contributed by atoms with Gasteiger partial charge in [-0.2, -0.15) is 0 Å². The molecule has 5 heteroatoms. The molecule has 0 aliphatic carbocycles. The van der Waals surface area contributed by atoms with Gasteiger partial charge in [0, 0.05) is 6.54 Å². The molecular formula is C14H19N3O2. The average molecular weight is 261 g/mol. The quantitative estimate of drug-likeness (QED) is 0.855. The van der Waals surface area contributed by atoms with Crippen molar-refractivity contribution in [3.8, 4) is 5.75 Å². The van der Waals surface area contributed by atoms with Gasteiger partial charge in [0.15, 0.2) is 0 Å². The van der Waals surface area contributed by atoms with E-state index in [1.807, 2.05) is 18.2 Å². The molecule has 0 radical (unpaired) electrons. The van der Waals surface area contributed by atoms with Gasteiger partial charge in [0.2, 0.25) is 5.91 Å². The van der Waals surface area contributed by atoms with Gasteiger partial charge in [0.25, 0.3) is 0 Å². The van der Waals surface area contributed by atoms with Gasteiger partial charge in [-0.15, -0.1) is 0 Å². The highest BCUT2D eigenvalue weighted by Crippen LogP contribution is 2.42. The normalized spacial score (nSPS) is 24.5. The second kappa shape index (κ2) is 4.13. The largest absolute Gasteiger partial charge is 0.483 e. The Kier molecular flexibility index (Phi) is 2.67. The number of hydrogen-bond donors (Lipinski definition) is 1. The summed E-state index contributed by atoms with van der Waals surface area (Å²) in [6.45, 7) is 6.00. The number of ether oxygens (including phenoxy) is 1. The van der Waals surface area contributed by atoms with Gasteiger partial charge >= 0.3 is 0 Å². The second-order valence-electron chi connectivity index (χ2n) is 5.78. The van der Waals surface area contributed by atoms with Crippen molar-refractivity contribution in [1.29, 1.82) is 0 Å². The zero-order valence-electron chi connectivity index (χ0n) is 11.3. The predicted molar refractivity (Wildman–Crippen MR) is 73.1 cm³/mol. The summed E-state index contributed by atoms with van der Waals surface area (Å²) in [5, 5.41) is 0. The van der Waals surface area contributed by atoms with E-state index >= 15 is 0 Å². The lowest BCUT2D eigenvalue weighted by atomic mass is 9.95. The van der Waals surface area contributed by atoms with Crippen LogP contribution in [-0.4, -0.2) is 42.2 Å². The maximum Gasteiger partial charge on any atom is 0.231 e. The lowest BCUT2D eigenvalue weighted by molar-refractivity contribution is -0.118. The van der Waals surface area contributed by atoms with E-state index in [4.69, 9.17) is 10.5 Å². The van der Waals surface area contributed by atoms with Crippen molar-refractivity contribution >= 4 is 11.6 Å². The molecule has 1 fully saturated rings. The number of nitrogens with zero attached hydrogens (tertiary/aromatic N) is 2. The Hall–Kier alpha value is -1.75. The van der Waals surface area contributed by atoms with Gasteiger partial charge < -0.3 is 15.4 Å². The lowest BCUT2D eigenvalue weighted by Gasteiger charge is -2.43. The Balaban J connectivity index is 1.93. The fraction of sp³-hybridized carbons (Fsp3) is 0.500. The molecule has 2 aliphatic rings. The first-order valence-corrected chi connectivity index (χ1v) is 6.53. The molecule has 1 aromatic rings. The average Bonchev–Trinajstić information content (AvgIpc) is 2.72. The highest BCUT2D eigenvalue weighted by molar-refractivity contribution is 5.76. The number of primary amides is 1. The van der Waals surface area contributed by atoms with Gasteiger partial charge in [0.05, 0.1) is 24.9 Å². The van der Waals surface area contributed by atoms with Crippen molar-refractivity contribution in [3.05, 3.63) is 24.3 Å². The van der Waals surface area contributed by atoms with Crippen LogP contribution in [0.2, 0.25) is 0 Å². The number of carbonyl (C=O) groups is 1. The smallest absolute Gasteiger partial charge is 0.231 e. The predicted octanol–water partition coefficient (Wildman–Crippen LogP) is 0.791. The Labute approximate surface area is 112 Å². The number of anilines is 1. The summed E-state index contributed by atoms with van der Waals surface area (Å²) in [5.74, 6) is 0.622. The highest BCUT2D eigenvalue weighted by atomic mass is 16.5. The van der Waals surface area contributed by atoms with Crippen molar-refractivity contribution < 1.29 is 9.53 Å². The molecule has 0 bridgehead atoms. The van der Waals surface area contributed by atoms with E-state index in [9.17, 15) is 4.79 Å². The minimum Gasteiger partial charge on any atom is -0.483 e. The van der Waals surface area contributed by atoms with Crippen molar-refractivity contribution in [2.45, 2.75) is 25.5 Å². The van der Waals surface area contributed by atoms with E-state index in [1.54, 1.807) is 0 Å². The molecule has 2 N–H and O–H groups in total. The van der Waals surface area contributed by atoms with Crippen LogP contribution in [0.15, 0.2) is 24.3 Å². The molecule has 2 aliphatic heterocycles. The fourth-order valence-electron chi connectivity index (χ4n) is 3.02. The summed E-state index contributed by atoms with van der Waals surface area (Å²) in [6, 6.07) is 8.28. The molecule has 0 aromatic heterocycles. The first kappa shape index (κ1) is 12.3. The first-order chi connectivity index (χ1) is 8.97. The highest BCUT2D eigenvalue weighted by Gasteiger charge is 2.46. The van der Waals surface area contributed by atoms with Crippen molar-refractivity contribution in [2.24, 2.45) is 5.73 Å². The summed E-state index contributed by atoms with van der Waals surface area (Å²) in [7, 11) is 0. The van der Waals surface area contributed by atoms with Gasteiger partial charge in [-0.05, 0) is 26.0 Å². The summed E-state index contributed by atoms with van der Waals surface area (Å²) >= 11 is 0. The molecule has 1 amide bonds. The van der Waals surface area contributed by atoms with Gasteiger partial charge in [0.1, 0.15) is 11.4 Å². The molecular weight excluding hydrogens is 242 g/mol. The van der Waals surface area contributed by atoms with Gasteiger partial charge in [-0.25, -0.2) is 0 Å². The Bertz CT molecular complexity index is 515. The number of nitrogens with two attached hydrogens (primary N) is 1. The number of carbonyl (C=O) groups excluding carboxylic acids is 1. The lowest BCUT2D eigenvalue weighted by Crippen LogP contribution is -2.54. The monoisotopic (exact) mass is 261 g/mol. The van der Waals surface area contributed by atoms with Crippen LogP contribution in [0.25, 0.3) is 0 Å². The van der Waals surface area contributed by atoms with E-state index in [0.29, 0.717) is 6.54 Å². The molecule has 102 valence electrons. The minimum atomic E-state index is -0.285. The van der Waals surface area contributed by atoms with Crippen LogP contribution in [0.4, 0.5) is 5.69 Å². The summed E-state index contributed by atoms with van der Waals surface area (Å²) < 4.78 is 6.10. The van der Waals surface area contributed by atoms with E-state index in [2.05, 4.69) is 29.7 Å². The summed E-state index contributed by atoms with van der Waals surface area (Å²) in [4.78, 5) is 15.5. The number of benzene rings is 1. The summed E-state index contributed by atoms with van der Waals surface area (Å²) in [5.41, 5.74) is 6.11. The molecule has 1 unspecified atom stereocenters. The Morgan fingerprint density at radius 1 is 1.47 bits per heavy atom. The van der Waals surface area contributed by atoms with Crippen LogP contribution >= 0.6 is 0 Å². The van der Waals surface area contributed by atoms with Crippen LogP contribution in [0, 0.1) is 0 Å². The standard InChI is InChI=1S/C14H19N3O2/c1-14(2)12-7-16(8-13(15)18)9-17(12)10-5-3-4-6-11(10)19-14/h3-6,12H,7-9H2,1-2H3,(H2,15,18). The molecule has 0 spiro atoms. The van der Waals surface area contributed by atoms with Crippen LogP contribution in [0.1, 0.15) is 13.8 Å². The van der Waals surface area contributed by atoms with Gasteiger partial charge in [-0.3, -0.25) is 9.69 Å². The molecule has 1 aromatic carbocycles. The van der Waals surface area contributed by atoms with Crippen molar-refractivity contribution in [3.63, 3.8) is 0 Å². The van der Waals surface area contributed by atoms with Crippen LogP contribution in [0.3, 0.4) is 0 Å².